The number of carbonyl (C=O) groups is 2. The molecule has 0 spiro atoms. The molecule has 1 aromatic heterocycles. The van der Waals surface area contributed by atoms with Crippen LogP contribution in [0.2, 0.25) is 0 Å². The van der Waals surface area contributed by atoms with Crippen LogP contribution in [0.5, 0.6) is 17.2 Å². The van der Waals surface area contributed by atoms with Crippen LogP contribution in [0.1, 0.15) is 13.3 Å². The molecule has 1 saturated heterocycles. The standard InChI is InChI=1S/C22H23N3O5S/c1-4-30-15-5-7-16-19(11-15)31-22(23-16)24-21(27)13-9-20(26)25(12-13)17-8-6-14(28-2)10-18(17)29-3/h5-8,10-11,13H,4,9,12H2,1-3H3,(H,23,24,27). The first-order valence-electron chi connectivity index (χ1n) is 9.89. The van der Waals surface area contributed by atoms with Gasteiger partial charge in [0.05, 0.1) is 42.6 Å². The van der Waals surface area contributed by atoms with E-state index in [0.29, 0.717) is 28.9 Å². The normalized spacial score (nSPS) is 15.9. The second-order valence-electron chi connectivity index (χ2n) is 7.01. The van der Waals surface area contributed by atoms with Crippen molar-refractivity contribution in [3.63, 3.8) is 0 Å². The molecule has 4 rings (SSSR count). The number of amides is 2. The van der Waals surface area contributed by atoms with Crippen molar-refractivity contribution in [2.75, 3.05) is 37.6 Å². The van der Waals surface area contributed by atoms with E-state index in [9.17, 15) is 9.59 Å². The van der Waals surface area contributed by atoms with Crippen molar-refractivity contribution >= 4 is 44.2 Å². The molecule has 1 aliphatic heterocycles. The molecular formula is C22H23N3O5S. The fourth-order valence-corrected chi connectivity index (χ4v) is 4.44. The molecule has 0 radical (unpaired) electrons. The molecule has 1 N–H and O–H groups in total. The van der Waals surface area contributed by atoms with Crippen molar-refractivity contribution < 1.29 is 23.8 Å². The molecule has 1 aliphatic rings. The Labute approximate surface area is 183 Å². The maximum absolute atomic E-state index is 12.8. The van der Waals surface area contributed by atoms with Gasteiger partial charge in [-0.3, -0.25) is 9.59 Å². The Kier molecular flexibility index (Phi) is 5.94. The number of hydrogen-bond acceptors (Lipinski definition) is 7. The minimum Gasteiger partial charge on any atom is -0.497 e. The zero-order valence-electron chi connectivity index (χ0n) is 17.5. The number of aromatic nitrogens is 1. The third kappa shape index (κ3) is 4.27. The van der Waals surface area contributed by atoms with E-state index >= 15 is 0 Å². The van der Waals surface area contributed by atoms with Crippen LogP contribution in [0.4, 0.5) is 10.8 Å². The highest BCUT2D eigenvalue weighted by molar-refractivity contribution is 7.22. The molecule has 162 valence electrons. The Bertz CT molecular complexity index is 1130. The Hall–Kier alpha value is -3.33. The molecule has 3 aromatic rings. The minimum absolute atomic E-state index is 0.125. The van der Waals surface area contributed by atoms with Crippen molar-refractivity contribution in [3.8, 4) is 17.2 Å². The van der Waals surface area contributed by atoms with Gasteiger partial charge >= 0.3 is 0 Å². The average molecular weight is 442 g/mol. The van der Waals surface area contributed by atoms with E-state index in [-0.39, 0.29) is 24.8 Å². The number of nitrogens with zero attached hydrogens (tertiary/aromatic N) is 2. The van der Waals surface area contributed by atoms with Gasteiger partial charge in [0, 0.05) is 19.0 Å². The molecule has 0 bridgehead atoms. The van der Waals surface area contributed by atoms with E-state index in [0.717, 1.165) is 16.0 Å². The summed E-state index contributed by atoms with van der Waals surface area (Å²) in [6, 6.07) is 10.9. The first-order valence-corrected chi connectivity index (χ1v) is 10.7. The molecule has 31 heavy (non-hydrogen) atoms. The van der Waals surface area contributed by atoms with Crippen LogP contribution >= 0.6 is 11.3 Å². The molecule has 0 aliphatic carbocycles. The number of rotatable bonds is 7. The molecule has 8 nitrogen and oxygen atoms in total. The Morgan fingerprint density at radius 1 is 1.19 bits per heavy atom. The second kappa shape index (κ2) is 8.81. The van der Waals surface area contributed by atoms with Crippen molar-refractivity contribution in [3.05, 3.63) is 36.4 Å². The molecule has 0 saturated carbocycles. The van der Waals surface area contributed by atoms with E-state index in [1.165, 1.54) is 18.4 Å². The smallest absolute Gasteiger partial charge is 0.231 e. The summed E-state index contributed by atoms with van der Waals surface area (Å²) in [7, 11) is 3.10. The number of benzene rings is 2. The van der Waals surface area contributed by atoms with Crippen molar-refractivity contribution in [1.29, 1.82) is 0 Å². The lowest BCUT2D eigenvalue weighted by atomic mass is 10.1. The number of ether oxygens (including phenoxy) is 3. The van der Waals surface area contributed by atoms with E-state index in [2.05, 4.69) is 10.3 Å². The third-order valence-corrected chi connectivity index (χ3v) is 6.01. The summed E-state index contributed by atoms with van der Waals surface area (Å²) < 4.78 is 17.1. The highest BCUT2D eigenvalue weighted by atomic mass is 32.1. The van der Waals surface area contributed by atoms with Crippen molar-refractivity contribution in [2.24, 2.45) is 5.92 Å². The predicted molar refractivity (Wildman–Crippen MR) is 119 cm³/mol. The first-order chi connectivity index (χ1) is 15.0. The van der Waals surface area contributed by atoms with Gasteiger partial charge in [-0.25, -0.2) is 4.98 Å². The Balaban J connectivity index is 1.48. The number of anilines is 2. The van der Waals surface area contributed by atoms with Gasteiger partial charge in [0.25, 0.3) is 0 Å². The zero-order valence-corrected chi connectivity index (χ0v) is 18.3. The quantitative estimate of drug-likeness (QED) is 0.601. The largest absolute Gasteiger partial charge is 0.497 e. The number of carbonyl (C=O) groups excluding carboxylic acids is 2. The van der Waals surface area contributed by atoms with Gasteiger partial charge in [-0.1, -0.05) is 11.3 Å². The number of thiazole rings is 1. The van der Waals surface area contributed by atoms with E-state index in [4.69, 9.17) is 14.2 Å². The molecular weight excluding hydrogens is 418 g/mol. The molecule has 9 heteroatoms. The number of nitrogens with one attached hydrogen (secondary N) is 1. The SMILES string of the molecule is CCOc1ccc2nc(NC(=O)C3CC(=O)N(c4ccc(OC)cc4OC)C3)sc2c1. The van der Waals surface area contributed by atoms with Crippen LogP contribution in [0.3, 0.4) is 0 Å². The number of hydrogen-bond donors (Lipinski definition) is 1. The number of fused-ring (bicyclic) bond motifs is 1. The Morgan fingerprint density at radius 3 is 2.74 bits per heavy atom. The fourth-order valence-electron chi connectivity index (χ4n) is 3.55. The van der Waals surface area contributed by atoms with E-state index in [1.807, 2.05) is 25.1 Å². The topological polar surface area (TPSA) is 90.0 Å². The lowest BCUT2D eigenvalue weighted by Crippen LogP contribution is -2.28. The van der Waals surface area contributed by atoms with Crippen LogP contribution < -0.4 is 24.4 Å². The van der Waals surface area contributed by atoms with Gasteiger partial charge in [0.2, 0.25) is 11.8 Å². The van der Waals surface area contributed by atoms with Gasteiger partial charge in [-0.15, -0.1) is 0 Å². The summed E-state index contributed by atoms with van der Waals surface area (Å²) in [6.45, 7) is 2.78. The van der Waals surface area contributed by atoms with E-state index < -0.39 is 5.92 Å². The summed E-state index contributed by atoms with van der Waals surface area (Å²) in [5.74, 6) is 1.07. The summed E-state index contributed by atoms with van der Waals surface area (Å²) in [4.78, 5) is 31.5. The minimum atomic E-state index is -0.481. The van der Waals surface area contributed by atoms with Crippen molar-refractivity contribution in [1.82, 2.24) is 4.98 Å². The summed E-state index contributed by atoms with van der Waals surface area (Å²) in [5.41, 5.74) is 1.41. The van der Waals surface area contributed by atoms with Crippen LogP contribution in [0, 0.1) is 5.92 Å². The average Bonchev–Trinajstić information content (AvgIpc) is 3.35. The van der Waals surface area contributed by atoms with Gasteiger partial charge in [0.15, 0.2) is 5.13 Å². The lowest BCUT2D eigenvalue weighted by molar-refractivity contribution is -0.122. The lowest BCUT2D eigenvalue weighted by Gasteiger charge is -2.20. The molecule has 2 heterocycles. The van der Waals surface area contributed by atoms with Gasteiger partial charge in [-0.2, -0.15) is 0 Å². The molecule has 1 atom stereocenters. The second-order valence-corrected chi connectivity index (χ2v) is 8.04. The fraction of sp³-hybridized carbons (Fsp3) is 0.318. The summed E-state index contributed by atoms with van der Waals surface area (Å²) in [6.07, 6.45) is 0.125. The summed E-state index contributed by atoms with van der Waals surface area (Å²) in [5, 5.41) is 3.36. The maximum Gasteiger partial charge on any atom is 0.231 e. The highest BCUT2D eigenvalue weighted by Crippen LogP contribution is 2.36. The molecule has 2 amide bonds. The zero-order chi connectivity index (χ0) is 22.0. The third-order valence-electron chi connectivity index (χ3n) is 5.07. The molecule has 2 aromatic carbocycles. The van der Waals surface area contributed by atoms with Crippen LogP contribution in [-0.2, 0) is 9.59 Å². The van der Waals surface area contributed by atoms with Crippen LogP contribution in [-0.4, -0.2) is 44.2 Å². The van der Waals surface area contributed by atoms with Gasteiger partial charge < -0.3 is 24.4 Å². The van der Waals surface area contributed by atoms with Gasteiger partial charge in [-0.05, 0) is 37.3 Å². The monoisotopic (exact) mass is 441 g/mol. The van der Waals surface area contributed by atoms with Crippen LogP contribution in [0.15, 0.2) is 36.4 Å². The molecule has 1 fully saturated rings. The van der Waals surface area contributed by atoms with Crippen molar-refractivity contribution in [2.45, 2.75) is 13.3 Å². The maximum atomic E-state index is 12.8. The summed E-state index contributed by atoms with van der Waals surface area (Å²) >= 11 is 1.38. The first kappa shape index (κ1) is 20.9. The Morgan fingerprint density at radius 2 is 2.00 bits per heavy atom. The predicted octanol–water partition coefficient (Wildman–Crippen LogP) is 3.70. The van der Waals surface area contributed by atoms with Gasteiger partial charge in [0.1, 0.15) is 17.2 Å². The van der Waals surface area contributed by atoms with Crippen LogP contribution in [0.25, 0.3) is 10.2 Å². The van der Waals surface area contributed by atoms with E-state index in [1.54, 1.807) is 30.2 Å². The molecule has 1 unspecified atom stereocenters. The number of methoxy groups -OCH3 is 2. The highest BCUT2D eigenvalue weighted by Gasteiger charge is 2.36.